The lowest BCUT2D eigenvalue weighted by atomic mass is 9.72. The third-order valence-electron chi connectivity index (χ3n) is 10.4. The summed E-state index contributed by atoms with van der Waals surface area (Å²) in [5.41, 5.74) is -4.40. The first-order chi connectivity index (χ1) is 26.6. The number of hydrogen-bond donors (Lipinski definition) is 1. The second-order valence-electron chi connectivity index (χ2n) is 14.0. The van der Waals surface area contributed by atoms with Gasteiger partial charge in [-0.15, -0.1) is 11.3 Å². The predicted molar refractivity (Wildman–Crippen MR) is 192 cm³/mol. The van der Waals surface area contributed by atoms with E-state index in [9.17, 15) is 46.0 Å². The highest BCUT2D eigenvalue weighted by atomic mass is 32.1. The monoisotopic (exact) mass is 808 g/mol. The van der Waals surface area contributed by atoms with Crippen molar-refractivity contribution >= 4 is 29.1 Å². The molecule has 10 nitrogen and oxygen atoms in total. The summed E-state index contributed by atoms with van der Waals surface area (Å²) >= 11 is 0.366. The van der Waals surface area contributed by atoms with Crippen LogP contribution < -0.4 is 9.47 Å². The van der Waals surface area contributed by atoms with Crippen molar-refractivity contribution < 1.29 is 55.3 Å². The molecule has 0 bridgehead atoms. The fourth-order valence-corrected chi connectivity index (χ4v) is 8.30. The van der Waals surface area contributed by atoms with E-state index in [2.05, 4.69) is 11.1 Å². The summed E-state index contributed by atoms with van der Waals surface area (Å²) in [7, 11) is 0. The average molecular weight is 809 g/mol. The van der Waals surface area contributed by atoms with Crippen molar-refractivity contribution in [3.63, 3.8) is 0 Å². The summed E-state index contributed by atoms with van der Waals surface area (Å²) in [5, 5.41) is 20.6. The number of benzene rings is 1. The number of piperidine rings is 2. The maximum absolute atomic E-state index is 15.0. The number of carbonyl (C=O) groups excluding carboxylic acids is 2. The third kappa shape index (κ3) is 9.22. The molecule has 0 saturated carbocycles. The minimum Gasteiger partial charge on any atom is -0.493 e. The number of thiophene rings is 1. The number of para-hydroxylation sites is 1. The van der Waals surface area contributed by atoms with Crippen LogP contribution in [0.25, 0.3) is 0 Å². The topological polar surface area (TPSA) is 133 Å². The maximum atomic E-state index is 15.0. The zero-order valence-corrected chi connectivity index (χ0v) is 31.4. The summed E-state index contributed by atoms with van der Waals surface area (Å²) in [5.74, 6) is -2.35. The average Bonchev–Trinajstić information content (AvgIpc) is 3.65. The Morgan fingerprint density at radius 3 is 2.39 bits per heavy atom. The van der Waals surface area contributed by atoms with Crippen molar-refractivity contribution in [2.24, 2.45) is 0 Å². The van der Waals surface area contributed by atoms with Gasteiger partial charge in [-0.1, -0.05) is 31.5 Å². The van der Waals surface area contributed by atoms with Crippen LogP contribution in [-0.4, -0.2) is 75.6 Å². The van der Waals surface area contributed by atoms with Gasteiger partial charge in [-0.2, -0.15) is 31.6 Å². The number of unbranched alkanes of at least 4 members (excludes halogenated alkanes) is 2. The van der Waals surface area contributed by atoms with Crippen LogP contribution in [0.4, 0.5) is 26.3 Å². The van der Waals surface area contributed by atoms with Gasteiger partial charge in [0, 0.05) is 61.9 Å². The molecule has 0 unspecified atom stereocenters. The Hall–Kier alpha value is -4.85. The van der Waals surface area contributed by atoms with Crippen molar-refractivity contribution in [3.05, 3.63) is 75.7 Å². The van der Waals surface area contributed by atoms with Crippen molar-refractivity contribution in [1.82, 2.24) is 14.8 Å². The van der Waals surface area contributed by atoms with Crippen molar-refractivity contribution in [1.29, 1.82) is 5.26 Å². The lowest BCUT2D eigenvalue weighted by molar-refractivity contribution is -0.160. The summed E-state index contributed by atoms with van der Waals surface area (Å²) in [6.07, 6.45) is -5.34. The number of aromatic nitrogens is 1. The summed E-state index contributed by atoms with van der Waals surface area (Å²) in [6.45, 7) is 2.04. The van der Waals surface area contributed by atoms with Gasteiger partial charge in [0.1, 0.15) is 16.4 Å². The van der Waals surface area contributed by atoms with Gasteiger partial charge in [-0.3, -0.25) is 19.4 Å². The number of carboxylic acid groups (broad SMARTS) is 1. The van der Waals surface area contributed by atoms with Crippen molar-refractivity contribution in [3.8, 4) is 17.6 Å². The Bertz CT molecular complexity index is 1900. The Labute approximate surface area is 324 Å². The minimum atomic E-state index is -4.90. The molecular weight excluding hydrogens is 767 g/mol. The van der Waals surface area contributed by atoms with E-state index in [1.807, 2.05) is 0 Å². The van der Waals surface area contributed by atoms with E-state index in [1.54, 1.807) is 31.2 Å². The standard InChI is InChI=1S/C39H42F6N4O6S/c1-2-9-31-37(55-26-22-32(56-24-26)39(43,44)45,14-8-18-49(31)34(52)27-23-47-17-13-28(27)38(40,41)42)35(53)48-19-15-36(25-46,16-20-48)29-10-5-6-11-30(29)54-21-7-3-4-12-33(50)51/h5-6,10-11,13,17,22-24,31H,2-4,7-9,12,14-16,18-21H2,1H3,(H,50,51)/t31-,37+/m1/s1. The molecule has 4 heterocycles. The number of carboxylic acids is 1. The molecule has 56 heavy (non-hydrogen) atoms. The smallest absolute Gasteiger partial charge is 0.425 e. The molecule has 5 rings (SSSR count). The van der Waals surface area contributed by atoms with Crippen LogP contribution in [0.15, 0.2) is 54.2 Å². The van der Waals surface area contributed by atoms with Gasteiger partial charge in [0.2, 0.25) is 5.60 Å². The number of ether oxygens (including phenoxy) is 2. The number of hydrogen-bond acceptors (Lipinski definition) is 8. The third-order valence-corrected chi connectivity index (χ3v) is 11.3. The molecule has 2 atom stereocenters. The van der Waals surface area contributed by atoms with Crippen LogP contribution in [0, 0.1) is 11.3 Å². The van der Waals surface area contributed by atoms with E-state index < -0.39 is 63.2 Å². The number of aliphatic carboxylic acids is 1. The Kier molecular flexibility index (Phi) is 13.2. The molecule has 0 spiro atoms. The summed E-state index contributed by atoms with van der Waals surface area (Å²) < 4.78 is 95.7. The van der Waals surface area contributed by atoms with Crippen LogP contribution in [0.5, 0.6) is 11.5 Å². The van der Waals surface area contributed by atoms with Crippen LogP contribution in [0.1, 0.15) is 97.5 Å². The lowest BCUT2D eigenvalue weighted by Gasteiger charge is -2.51. The van der Waals surface area contributed by atoms with Gasteiger partial charge in [-0.25, -0.2) is 0 Å². The zero-order chi connectivity index (χ0) is 40.7. The van der Waals surface area contributed by atoms with E-state index in [1.165, 1.54) is 4.90 Å². The molecule has 2 saturated heterocycles. The summed E-state index contributed by atoms with van der Waals surface area (Å²) in [6, 6.07) is 9.73. The van der Waals surface area contributed by atoms with Gasteiger partial charge >= 0.3 is 18.3 Å². The van der Waals surface area contributed by atoms with E-state index in [-0.39, 0.29) is 63.9 Å². The van der Waals surface area contributed by atoms with Gasteiger partial charge in [0.15, 0.2) is 0 Å². The number of alkyl halides is 6. The number of amides is 2. The fraction of sp³-hybridized carbons (Fsp3) is 0.513. The van der Waals surface area contributed by atoms with Gasteiger partial charge in [-0.05, 0) is 57.1 Å². The van der Waals surface area contributed by atoms with E-state index in [4.69, 9.17) is 14.6 Å². The lowest BCUT2D eigenvalue weighted by Crippen LogP contribution is -2.68. The maximum Gasteiger partial charge on any atom is 0.425 e. The fourth-order valence-electron chi connectivity index (χ4n) is 7.63. The molecule has 0 aliphatic carbocycles. The van der Waals surface area contributed by atoms with Crippen molar-refractivity contribution in [2.45, 2.75) is 101 Å². The van der Waals surface area contributed by atoms with Gasteiger partial charge in [0.05, 0.1) is 35.3 Å². The van der Waals surface area contributed by atoms with Gasteiger partial charge in [0.25, 0.3) is 11.8 Å². The first-order valence-corrected chi connectivity index (χ1v) is 19.3. The number of nitrogens with zero attached hydrogens (tertiary/aromatic N) is 4. The Morgan fingerprint density at radius 1 is 1.02 bits per heavy atom. The molecule has 2 fully saturated rings. The molecule has 2 aliphatic heterocycles. The number of rotatable bonds is 14. The summed E-state index contributed by atoms with van der Waals surface area (Å²) in [4.78, 5) is 45.3. The predicted octanol–water partition coefficient (Wildman–Crippen LogP) is 8.51. The number of nitriles is 1. The molecule has 3 aromatic rings. The number of pyridine rings is 1. The second-order valence-corrected chi connectivity index (χ2v) is 14.9. The number of halogens is 6. The van der Waals surface area contributed by atoms with Crippen molar-refractivity contribution in [2.75, 3.05) is 26.2 Å². The van der Waals surface area contributed by atoms with E-state index >= 15 is 0 Å². The SMILES string of the molecule is CCC[C@H]1N(C(=O)c2cnccc2C(F)(F)F)CCC[C@@]1(Oc1csc(C(F)(F)F)c1)C(=O)N1CCC(C#N)(c2ccccc2OCCCCCC(=O)O)CC1. The largest absolute Gasteiger partial charge is 0.493 e. The van der Waals surface area contributed by atoms with E-state index in [0.29, 0.717) is 61.0 Å². The number of likely N-dealkylation sites (tertiary alicyclic amines) is 2. The zero-order valence-electron chi connectivity index (χ0n) is 30.6. The highest BCUT2D eigenvalue weighted by Crippen LogP contribution is 2.45. The molecule has 302 valence electrons. The molecular formula is C39H42F6N4O6S. The normalized spacial score (nSPS) is 19.9. The molecule has 1 aromatic carbocycles. The Balaban J connectivity index is 1.46. The molecule has 2 aliphatic rings. The highest BCUT2D eigenvalue weighted by Gasteiger charge is 2.57. The first kappa shape index (κ1) is 42.3. The van der Waals surface area contributed by atoms with Crippen LogP contribution in [-0.2, 0) is 27.4 Å². The Morgan fingerprint density at radius 2 is 1.75 bits per heavy atom. The van der Waals surface area contributed by atoms with Crippen LogP contribution >= 0.6 is 11.3 Å². The van der Waals surface area contributed by atoms with Crippen LogP contribution in [0.3, 0.4) is 0 Å². The van der Waals surface area contributed by atoms with Gasteiger partial charge < -0.3 is 24.4 Å². The highest BCUT2D eigenvalue weighted by molar-refractivity contribution is 7.10. The molecule has 1 N–H and O–H groups in total. The molecule has 0 radical (unpaired) electrons. The number of carbonyl (C=O) groups is 3. The van der Waals surface area contributed by atoms with Crippen LogP contribution in [0.2, 0.25) is 0 Å². The van der Waals surface area contributed by atoms with E-state index in [0.717, 1.165) is 28.7 Å². The first-order valence-electron chi connectivity index (χ1n) is 18.4. The minimum absolute atomic E-state index is 0.0199. The molecule has 2 amide bonds. The molecule has 17 heteroatoms. The molecule has 2 aromatic heterocycles. The second kappa shape index (κ2) is 17.5. The quantitative estimate of drug-likeness (QED) is 0.127.